The summed E-state index contributed by atoms with van der Waals surface area (Å²) in [7, 11) is 2.10. The van der Waals surface area contributed by atoms with E-state index in [0.717, 1.165) is 70.6 Å². The first-order valence-corrected chi connectivity index (χ1v) is 10.1. The fourth-order valence-corrected chi connectivity index (χ4v) is 4.18. The normalized spacial score (nSPS) is 21.5. The van der Waals surface area contributed by atoms with Crippen molar-refractivity contribution in [3.05, 3.63) is 47.0 Å². The molecular weight excluding hydrogens is 352 g/mol. The lowest BCUT2D eigenvalue weighted by Gasteiger charge is -2.32. The van der Waals surface area contributed by atoms with Crippen LogP contribution in [0, 0.1) is 11.3 Å². The van der Waals surface area contributed by atoms with Crippen LogP contribution in [0.2, 0.25) is 0 Å². The van der Waals surface area contributed by atoms with E-state index in [2.05, 4.69) is 49.8 Å². The number of aromatic nitrogens is 3. The predicted octanol–water partition coefficient (Wildman–Crippen LogP) is 1.90. The maximum atomic E-state index is 8.96. The van der Waals surface area contributed by atoms with E-state index >= 15 is 0 Å². The van der Waals surface area contributed by atoms with E-state index < -0.39 is 0 Å². The number of likely N-dealkylation sites (tertiary alicyclic amines) is 1. The van der Waals surface area contributed by atoms with Gasteiger partial charge in [0.05, 0.1) is 31.4 Å². The molecule has 3 heterocycles. The molecule has 0 unspecified atom stereocenters. The van der Waals surface area contributed by atoms with Crippen molar-refractivity contribution in [1.29, 1.82) is 5.26 Å². The van der Waals surface area contributed by atoms with Crippen molar-refractivity contribution in [1.82, 2.24) is 24.6 Å². The van der Waals surface area contributed by atoms with E-state index in [1.165, 1.54) is 12.0 Å². The molecule has 28 heavy (non-hydrogen) atoms. The summed E-state index contributed by atoms with van der Waals surface area (Å²) in [4.78, 5) is 4.88. The second-order valence-corrected chi connectivity index (χ2v) is 7.80. The van der Waals surface area contributed by atoms with E-state index in [4.69, 9.17) is 10.00 Å². The quantitative estimate of drug-likeness (QED) is 0.789. The molecule has 2 fully saturated rings. The standard InChI is InChI=1S/C21H28N6O/c1-25-20(16-26-9-11-28-12-10-26)23-24-21(25)19-3-2-8-27(15-19)14-18-6-4-17(13-22)5-7-18/h4-7,19H,2-3,8-12,14-16H2,1H3/t19-/m1/s1. The molecule has 148 valence electrons. The average Bonchev–Trinajstić information content (AvgIpc) is 3.10. The molecule has 0 N–H and O–H groups in total. The van der Waals surface area contributed by atoms with Gasteiger partial charge in [0.2, 0.25) is 0 Å². The van der Waals surface area contributed by atoms with Gasteiger partial charge in [-0.1, -0.05) is 12.1 Å². The minimum absolute atomic E-state index is 0.420. The van der Waals surface area contributed by atoms with Crippen LogP contribution >= 0.6 is 0 Å². The summed E-state index contributed by atoms with van der Waals surface area (Å²) >= 11 is 0. The predicted molar refractivity (Wildman–Crippen MR) is 106 cm³/mol. The molecule has 7 heteroatoms. The van der Waals surface area contributed by atoms with Gasteiger partial charge in [-0.15, -0.1) is 10.2 Å². The van der Waals surface area contributed by atoms with Gasteiger partial charge >= 0.3 is 0 Å². The minimum atomic E-state index is 0.420. The molecule has 2 saturated heterocycles. The van der Waals surface area contributed by atoms with Crippen LogP contribution in [0.3, 0.4) is 0 Å². The number of rotatable bonds is 5. The number of morpholine rings is 1. The molecule has 0 bridgehead atoms. The summed E-state index contributed by atoms with van der Waals surface area (Å²) in [5.74, 6) is 2.57. The average molecular weight is 380 g/mol. The first kappa shape index (κ1) is 19.1. The van der Waals surface area contributed by atoms with Crippen LogP contribution in [0.4, 0.5) is 0 Å². The number of piperidine rings is 1. The molecule has 0 aliphatic carbocycles. The maximum Gasteiger partial charge on any atom is 0.146 e. The third-order valence-electron chi connectivity index (χ3n) is 5.83. The van der Waals surface area contributed by atoms with E-state index in [-0.39, 0.29) is 0 Å². The topological polar surface area (TPSA) is 70.2 Å². The third-order valence-corrected chi connectivity index (χ3v) is 5.83. The molecule has 2 aromatic rings. The highest BCUT2D eigenvalue weighted by atomic mass is 16.5. The summed E-state index contributed by atoms with van der Waals surface area (Å²) < 4.78 is 7.64. The zero-order valence-electron chi connectivity index (χ0n) is 16.5. The lowest BCUT2D eigenvalue weighted by Crippen LogP contribution is -2.36. The summed E-state index contributed by atoms with van der Waals surface area (Å²) in [6.45, 7) is 7.40. The van der Waals surface area contributed by atoms with E-state index in [0.29, 0.717) is 11.5 Å². The van der Waals surface area contributed by atoms with E-state index in [9.17, 15) is 0 Å². The Morgan fingerprint density at radius 2 is 1.86 bits per heavy atom. The second-order valence-electron chi connectivity index (χ2n) is 7.80. The van der Waals surface area contributed by atoms with E-state index in [1.807, 2.05) is 12.1 Å². The number of ether oxygens (including phenoxy) is 1. The zero-order valence-corrected chi connectivity index (χ0v) is 16.5. The molecule has 2 aliphatic rings. The first-order valence-electron chi connectivity index (χ1n) is 10.1. The van der Waals surface area contributed by atoms with Crippen LogP contribution in [-0.4, -0.2) is 64.0 Å². The lowest BCUT2D eigenvalue weighted by atomic mass is 9.96. The van der Waals surface area contributed by atoms with Crippen molar-refractivity contribution in [3.8, 4) is 6.07 Å². The van der Waals surface area contributed by atoms with Gasteiger partial charge in [-0.3, -0.25) is 9.80 Å². The van der Waals surface area contributed by atoms with Gasteiger partial charge in [0.15, 0.2) is 0 Å². The molecule has 1 aromatic heterocycles. The Morgan fingerprint density at radius 1 is 1.07 bits per heavy atom. The van der Waals surface area contributed by atoms with Gasteiger partial charge in [-0.25, -0.2) is 0 Å². The summed E-state index contributed by atoms with van der Waals surface area (Å²) in [6.07, 6.45) is 2.33. The Labute approximate surface area is 166 Å². The molecule has 4 rings (SSSR count). The van der Waals surface area contributed by atoms with Crippen molar-refractivity contribution in [2.24, 2.45) is 7.05 Å². The summed E-state index contributed by atoms with van der Waals surface area (Å²) in [5.41, 5.74) is 1.97. The van der Waals surface area contributed by atoms with E-state index in [1.54, 1.807) is 0 Å². The summed E-state index contributed by atoms with van der Waals surface area (Å²) in [6, 6.07) is 10.1. The highest BCUT2D eigenvalue weighted by Gasteiger charge is 2.26. The largest absolute Gasteiger partial charge is 0.379 e. The van der Waals surface area contributed by atoms with Crippen LogP contribution in [0.1, 0.15) is 41.5 Å². The zero-order chi connectivity index (χ0) is 19.3. The fourth-order valence-electron chi connectivity index (χ4n) is 4.18. The third kappa shape index (κ3) is 4.41. The van der Waals surface area contributed by atoms with Crippen LogP contribution < -0.4 is 0 Å². The van der Waals surface area contributed by atoms with Crippen LogP contribution in [0.25, 0.3) is 0 Å². The molecular formula is C21H28N6O. The van der Waals surface area contributed by atoms with Gasteiger partial charge in [0, 0.05) is 39.1 Å². The van der Waals surface area contributed by atoms with Crippen molar-refractivity contribution < 1.29 is 4.74 Å². The summed E-state index contributed by atoms with van der Waals surface area (Å²) in [5, 5.41) is 18.0. The smallest absolute Gasteiger partial charge is 0.146 e. The monoisotopic (exact) mass is 380 g/mol. The van der Waals surface area contributed by atoms with Gasteiger partial charge < -0.3 is 9.30 Å². The lowest BCUT2D eigenvalue weighted by molar-refractivity contribution is 0.0326. The van der Waals surface area contributed by atoms with Gasteiger partial charge in [-0.05, 0) is 37.1 Å². The van der Waals surface area contributed by atoms with Crippen LogP contribution in [0.15, 0.2) is 24.3 Å². The van der Waals surface area contributed by atoms with Crippen molar-refractivity contribution >= 4 is 0 Å². The van der Waals surface area contributed by atoms with Crippen LogP contribution in [0.5, 0.6) is 0 Å². The van der Waals surface area contributed by atoms with Crippen molar-refractivity contribution in [2.75, 3.05) is 39.4 Å². The van der Waals surface area contributed by atoms with Crippen LogP contribution in [-0.2, 0) is 24.9 Å². The molecule has 2 aliphatic heterocycles. The highest BCUT2D eigenvalue weighted by molar-refractivity contribution is 5.31. The molecule has 1 atom stereocenters. The Kier molecular flexibility index (Phi) is 6.01. The molecule has 7 nitrogen and oxygen atoms in total. The Morgan fingerprint density at radius 3 is 2.61 bits per heavy atom. The number of hydrogen-bond donors (Lipinski definition) is 0. The van der Waals surface area contributed by atoms with Gasteiger partial charge in [0.1, 0.15) is 11.6 Å². The second kappa shape index (κ2) is 8.82. The van der Waals surface area contributed by atoms with Gasteiger partial charge in [0.25, 0.3) is 0 Å². The number of benzene rings is 1. The molecule has 0 radical (unpaired) electrons. The van der Waals surface area contributed by atoms with Crippen molar-refractivity contribution in [2.45, 2.75) is 31.8 Å². The molecule has 0 spiro atoms. The maximum absolute atomic E-state index is 8.96. The Bertz CT molecular complexity index is 818. The Balaban J connectivity index is 1.39. The van der Waals surface area contributed by atoms with Crippen molar-refractivity contribution in [3.63, 3.8) is 0 Å². The minimum Gasteiger partial charge on any atom is -0.379 e. The molecule has 0 saturated carbocycles. The first-order chi connectivity index (χ1) is 13.7. The Hall–Kier alpha value is -2.27. The number of nitrogens with zero attached hydrogens (tertiary/aromatic N) is 6. The number of hydrogen-bond acceptors (Lipinski definition) is 6. The van der Waals surface area contributed by atoms with Gasteiger partial charge in [-0.2, -0.15) is 5.26 Å². The highest BCUT2D eigenvalue weighted by Crippen LogP contribution is 2.27. The molecule has 1 aromatic carbocycles. The fraction of sp³-hybridized carbons (Fsp3) is 0.571. The number of nitriles is 1. The molecule has 0 amide bonds. The SMILES string of the molecule is Cn1c(CN2CCOCC2)nnc1[C@@H]1CCCN(Cc2ccc(C#N)cc2)C1.